The van der Waals surface area contributed by atoms with E-state index in [1.807, 2.05) is 32.1 Å². The molecule has 5 heterocycles. The van der Waals surface area contributed by atoms with Gasteiger partial charge in [-0.3, -0.25) is 14.5 Å². The van der Waals surface area contributed by atoms with E-state index in [-0.39, 0.29) is 86.8 Å². The number of ether oxygens (including phenoxy) is 3. The average Bonchev–Trinajstić information content (AvgIpc) is 3.56. The Morgan fingerprint density at radius 3 is 2.28 bits per heavy atom. The van der Waals surface area contributed by atoms with Gasteiger partial charge in [-0.2, -0.15) is 0 Å². The predicted molar refractivity (Wildman–Crippen MR) is 114 cm³/mol. The molecule has 36 heavy (non-hydrogen) atoms. The first-order valence-corrected chi connectivity index (χ1v) is 12.5. The number of hydrogen-bond acceptors (Lipinski definition) is 8. The van der Waals surface area contributed by atoms with Gasteiger partial charge in [0.1, 0.15) is 24.4 Å². The monoisotopic (exact) mass is 647 g/mol. The number of rotatable bonds is 2. The van der Waals surface area contributed by atoms with Crippen LogP contribution in [0.2, 0.25) is 0 Å². The van der Waals surface area contributed by atoms with Crippen LogP contribution in [0.15, 0.2) is 12.2 Å². The predicted octanol–water partition coefficient (Wildman–Crippen LogP) is -3.65. The number of hydrogen-bond donors (Lipinski definition) is 0. The summed E-state index contributed by atoms with van der Waals surface area (Å²) in [6, 6.07) is 0. The van der Waals surface area contributed by atoms with E-state index in [1.54, 1.807) is 0 Å². The zero-order chi connectivity index (χ0) is 22.4. The molecule has 2 bridgehead atoms. The summed E-state index contributed by atoms with van der Waals surface area (Å²) in [7, 11) is -1.20. The molecular formula is C23H26Cl2NO8PRu. The maximum absolute atomic E-state index is 11.2. The number of nitrogens with zero attached hydrogens (tertiary/aromatic N) is 1. The fourth-order valence-corrected chi connectivity index (χ4v) is 6.35. The topological polar surface area (TPSA) is 92.8 Å². The summed E-state index contributed by atoms with van der Waals surface area (Å²) < 4.78 is 35.2. The third kappa shape index (κ3) is 6.19. The molecule has 2 saturated carbocycles. The Bertz CT molecular complexity index is 795. The zero-order valence-corrected chi connectivity index (χ0v) is 23.3. The molecule has 7 rings (SSSR count). The molecule has 7 aliphatic rings. The Morgan fingerprint density at radius 2 is 1.58 bits per heavy atom. The summed E-state index contributed by atoms with van der Waals surface area (Å²) in [5, 5.41) is 0. The molecule has 0 aromatic rings. The molecule has 2 aliphatic carbocycles. The van der Waals surface area contributed by atoms with Crippen LogP contribution in [0.4, 0.5) is 0 Å². The van der Waals surface area contributed by atoms with E-state index in [0.717, 1.165) is 31.6 Å². The summed E-state index contributed by atoms with van der Waals surface area (Å²) in [5.74, 6) is 0.0588. The van der Waals surface area contributed by atoms with Crippen molar-refractivity contribution in [2.75, 3.05) is 13.2 Å². The van der Waals surface area contributed by atoms with Crippen molar-refractivity contribution in [3.63, 3.8) is 0 Å². The van der Waals surface area contributed by atoms with Crippen molar-refractivity contribution in [2.45, 2.75) is 68.6 Å². The smallest absolute Gasteiger partial charge is 1.00 e. The second-order valence-electron chi connectivity index (χ2n) is 8.96. The van der Waals surface area contributed by atoms with Crippen molar-refractivity contribution in [3.05, 3.63) is 50.2 Å². The van der Waals surface area contributed by atoms with Gasteiger partial charge >= 0.3 is 28.1 Å². The van der Waals surface area contributed by atoms with Crippen molar-refractivity contribution < 1.29 is 81.7 Å². The number of amides is 2. The first-order valence-electron chi connectivity index (χ1n) is 11.5. The van der Waals surface area contributed by atoms with Gasteiger partial charge in [0.05, 0.1) is 6.61 Å². The van der Waals surface area contributed by atoms with Crippen molar-refractivity contribution in [1.82, 2.24) is 4.90 Å². The second-order valence-corrected chi connectivity index (χ2v) is 10.1. The van der Waals surface area contributed by atoms with Gasteiger partial charge in [0.2, 0.25) is 0 Å². The van der Waals surface area contributed by atoms with Gasteiger partial charge in [-0.15, -0.1) is 0 Å². The molecule has 2 amide bonds. The minimum Gasteiger partial charge on any atom is -1.00 e. The second kappa shape index (κ2) is 13.1. The molecule has 1 spiro atoms. The van der Waals surface area contributed by atoms with Gasteiger partial charge in [0.25, 0.3) is 11.8 Å². The van der Waals surface area contributed by atoms with E-state index in [4.69, 9.17) is 27.8 Å². The Balaban J connectivity index is 0.000000193. The maximum Gasteiger partial charge on any atom is 2.00 e. The van der Waals surface area contributed by atoms with Crippen LogP contribution >= 0.6 is 8.60 Å². The normalized spacial score (nSPS) is 37.8. The molecule has 13 heteroatoms. The van der Waals surface area contributed by atoms with Crippen LogP contribution in [-0.2, 0) is 56.8 Å². The zero-order valence-electron chi connectivity index (χ0n) is 19.1. The SMILES string of the molecule is C1CCC2(CC1)O[C@H]1O[C@@H]3C4COP(O4)O[C@@H]3[C@H]1O2.O=C1C=CC(=O)N1C[C]1[CH][CH][CH][CH][CH]1.[Cl-].[Cl-].[Ru+2]. The number of carbonyl (C=O) groups excluding carboxylic acids is 2. The van der Waals surface area contributed by atoms with Gasteiger partial charge in [-0.05, 0) is 44.9 Å². The van der Waals surface area contributed by atoms with Gasteiger partial charge in [0, 0.05) is 37.5 Å². The third-order valence-electron chi connectivity index (χ3n) is 6.73. The van der Waals surface area contributed by atoms with E-state index >= 15 is 0 Å². The van der Waals surface area contributed by atoms with Gasteiger partial charge in [-0.1, -0.05) is 6.42 Å². The van der Waals surface area contributed by atoms with Crippen molar-refractivity contribution >= 4 is 20.4 Å². The minimum absolute atomic E-state index is 0. The van der Waals surface area contributed by atoms with Crippen LogP contribution in [0.5, 0.6) is 0 Å². The first kappa shape index (κ1) is 30.8. The fourth-order valence-electron chi connectivity index (χ4n) is 5.07. The molecule has 0 aromatic heterocycles. The standard InChI is InChI=1S/C12H17O6P.C11H9NO2.2ClH.Ru/c1-2-4-12(5-3-1)15-10-9-8(14-11(10)16-12)7-6-13-19(17-7)18-9;13-10-6-7-11(14)12(10)8-9-4-2-1-3-5-9;;;/h7-11H,1-6H2;1-7H,8H2;2*1H;/q;;;;+2/p-2/t7?,8-,9+,10-,11-,19?;;;;/m1..../s1. The summed E-state index contributed by atoms with van der Waals surface area (Å²) in [6.07, 6.45) is 16.9. The van der Waals surface area contributed by atoms with Crippen molar-refractivity contribution in [1.29, 1.82) is 0 Å². The molecular weight excluding hydrogens is 621 g/mol. The Labute approximate surface area is 238 Å². The fraction of sp³-hybridized carbons (Fsp3) is 0.565. The van der Waals surface area contributed by atoms with Crippen LogP contribution in [0.3, 0.4) is 0 Å². The van der Waals surface area contributed by atoms with Crippen LogP contribution in [0.1, 0.15) is 32.1 Å². The summed E-state index contributed by atoms with van der Waals surface area (Å²) in [5.41, 5.74) is 0. The number of carbonyl (C=O) groups is 2. The molecule has 4 saturated heterocycles. The minimum atomic E-state index is -1.20. The van der Waals surface area contributed by atoms with Crippen LogP contribution in [0, 0.1) is 38.0 Å². The van der Waals surface area contributed by atoms with E-state index in [1.165, 1.54) is 23.5 Å². The number of imide groups is 1. The Morgan fingerprint density at radius 1 is 0.889 bits per heavy atom. The molecule has 6 radical (unpaired) electrons. The maximum atomic E-state index is 11.2. The first-order chi connectivity index (χ1) is 16.1. The molecule has 9 nitrogen and oxygen atoms in total. The van der Waals surface area contributed by atoms with Crippen molar-refractivity contribution in [3.8, 4) is 0 Å². The van der Waals surface area contributed by atoms with Crippen LogP contribution in [0.25, 0.3) is 0 Å². The van der Waals surface area contributed by atoms with Crippen LogP contribution < -0.4 is 24.8 Å². The van der Waals surface area contributed by atoms with Gasteiger partial charge in [0.15, 0.2) is 12.1 Å². The van der Waals surface area contributed by atoms with Crippen molar-refractivity contribution in [2.24, 2.45) is 0 Å². The molecule has 6 fully saturated rings. The van der Waals surface area contributed by atoms with E-state index in [9.17, 15) is 9.59 Å². The third-order valence-corrected chi connectivity index (χ3v) is 7.95. The van der Waals surface area contributed by atoms with Gasteiger partial charge < -0.3 is 52.6 Å². The molecule has 0 N–H and O–H groups in total. The summed E-state index contributed by atoms with van der Waals surface area (Å²) in [6.45, 7) is 0.906. The van der Waals surface area contributed by atoms with E-state index in [0.29, 0.717) is 13.2 Å². The van der Waals surface area contributed by atoms with E-state index in [2.05, 4.69) is 0 Å². The molecule has 6 atom stereocenters. The molecule has 0 aromatic carbocycles. The molecule has 198 valence electrons. The van der Waals surface area contributed by atoms with Crippen LogP contribution in [-0.4, -0.2) is 66.4 Å². The largest absolute Gasteiger partial charge is 2.00 e. The summed E-state index contributed by atoms with van der Waals surface area (Å²) in [4.78, 5) is 23.6. The van der Waals surface area contributed by atoms with E-state index < -0.39 is 14.4 Å². The average molecular weight is 647 g/mol. The van der Waals surface area contributed by atoms with Gasteiger partial charge in [-0.25, -0.2) is 0 Å². The summed E-state index contributed by atoms with van der Waals surface area (Å²) >= 11 is 0. The Kier molecular flexibility index (Phi) is 11.2. The molecule has 5 aliphatic heterocycles. The quantitative estimate of drug-likeness (QED) is 0.172. The number of fused-ring (bicyclic) bond motifs is 6. The Hall–Kier alpha value is 0.273. The molecule has 2 unspecified atom stereocenters. The number of halogens is 2.